The van der Waals surface area contributed by atoms with Crippen molar-refractivity contribution < 1.29 is 22.4 Å². The number of nitrogens with zero attached hydrogens (tertiary/aromatic N) is 1. The fraction of sp³-hybridized carbons (Fsp3) is 0.211. The highest BCUT2D eigenvalue weighted by atomic mass is 35.5. The van der Waals surface area contributed by atoms with Crippen molar-refractivity contribution in [3.05, 3.63) is 63.9 Å². The Morgan fingerprint density at radius 2 is 1.61 bits per heavy atom. The molecule has 0 unspecified atom stereocenters. The molecule has 1 heterocycles. The number of hydrogen-bond donors (Lipinski definition) is 0. The van der Waals surface area contributed by atoms with E-state index >= 15 is 0 Å². The Morgan fingerprint density at radius 1 is 1.00 bits per heavy atom. The number of rotatable bonds is 4. The molecule has 0 saturated heterocycles. The van der Waals surface area contributed by atoms with Gasteiger partial charge in [-0.15, -0.1) is 0 Å². The number of benzene rings is 2. The lowest BCUT2D eigenvalue weighted by atomic mass is 10.0. The van der Waals surface area contributed by atoms with Crippen LogP contribution in [-0.4, -0.2) is 38.4 Å². The zero-order valence-electron chi connectivity index (χ0n) is 15.4. The maximum atomic E-state index is 9.08. The molecule has 0 radical (unpaired) electrons. The van der Waals surface area contributed by atoms with E-state index in [0.717, 1.165) is 21.9 Å². The van der Waals surface area contributed by atoms with Gasteiger partial charge in [0.1, 0.15) is 0 Å². The van der Waals surface area contributed by atoms with E-state index in [1.54, 1.807) is 20.3 Å². The maximum Gasteiger partial charge on any atom is 0.161 e. The fourth-order valence-electron chi connectivity index (χ4n) is 2.57. The molecule has 0 amide bonds. The Bertz CT molecular complexity index is 1080. The van der Waals surface area contributed by atoms with Crippen LogP contribution in [0.5, 0.6) is 11.5 Å². The van der Waals surface area contributed by atoms with Crippen LogP contribution in [0, 0.1) is 0 Å². The standard InChI is InChI=1S/C18H15Cl2NO2.CH4O3S/c1-22-17-7-13-10-21-9-12(14(13)8-18(17)23-2)5-11-3-4-15(19)16(20)6-11;1-5(2,3)4/h3-4,6-10H,5H2,1-2H3;1H3,(H,2,3,4)/p-1. The Balaban J connectivity index is 0.000000500. The molecule has 9 heteroatoms. The second kappa shape index (κ2) is 9.43. The molecular weight excluding hydrogens is 425 g/mol. The number of methoxy groups -OCH3 is 2. The van der Waals surface area contributed by atoms with Gasteiger partial charge in [0.25, 0.3) is 0 Å². The van der Waals surface area contributed by atoms with E-state index in [4.69, 9.17) is 45.6 Å². The third-order valence-electron chi connectivity index (χ3n) is 3.72. The zero-order chi connectivity index (χ0) is 20.9. The highest BCUT2D eigenvalue weighted by Crippen LogP contribution is 2.34. The summed E-state index contributed by atoms with van der Waals surface area (Å²) in [6.45, 7) is 0. The molecule has 3 rings (SSSR count). The maximum absolute atomic E-state index is 9.08. The van der Waals surface area contributed by atoms with Gasteiger partial charge in [-0.1, -0.05) is 29.3 Å². The van der Waals surface area contributed by atoms with Crippen molar-refractivity contribution in [2.45, 2.75) is 6.42 Å². The second-order valence-electron chi connectivity index (χ2n) is 5.86. The summed E-state index contributed by atoms with van der Waals surface area (Å²) in [5.41, 5.74) is 2.16. The molecule has 0 aliphatic carbocycles. The van der Waals surface area contributed by atoms with E-state index in [9.17, 15) is 0 Å². The van der Waals surface area contributed by atoms with Gasteiger partial charge in [-0.2, -0.15) is 0 Å². The average molecular weight is 443 g/mol. The third-order valence-corrected chi connectivity index (χ3v) is 4.46. The molecule has 0 saturated carbocycles. The van der Waals surface area contributed by atoms with Crippen LogP contribution < -0.4 is 9.47 Å². The number of pyridine rings is 1. The molecule has 0 bridgehead atoms. The lowest BCUT2D eigenvalue weighted by Gasteiger charge is -2.12. The van der Waals surface area contributed by atoms with Crippen molar-refractivity contribution in [1.82, 2.24) is 4.98 Å². The van der Waals surface area contributed by atoms with Crippen molar-refractivity contribution in [2.75, 3.05) is 20.5 Å². The van der Waals surface area contributed by atoms with Crippen LogP contribution >= 0.6 is 23.2 Å². The van der Waals surface area contributed by atoms with Gasteiger partial charge < -0.3 is 14.0 Å². The Hall–Kier alpha value is -2.06. The van der Waals surface area contributed by atoms with Crippen molar-refractivity contribution in [1.29, 1.82) is 0 Å². The summed E-state index contributed by atoms with van der Waals surface area (Å²) in [6, 6.07) is 9.56. The summed E-state index contributed by atoms with van der Waals surface area (Å²) in [7, 11) is -0.666. The predicted molar refractivity (Wildman–Crippen MR) is 110 cm³/mol. The van der Waals surface area contributed by atoms with Gasteiger partial charge in [0.05, 0.1) is 34.4 Å². The summed E-state index contributed by atoms with van der Waals surface area (Å²) in [4.78, 5) is 4.32. The molecule has 1 aromatic heterocycles. The molecule has 3 aromatic rings. The first kappa shape index (κ1) is 22.2. The first-order valence-corrected chi connectivity index (χ1v) is 10.5. The van der Waals surface area contributed by atoms with Crippen LogP contribution in [0.2, 0.25) is 10.0 Å². The minimum Gasteiger partial charge on any atom is -0.748 e. The van der Waals surface area contributed by atoms with E-state index in [2.05, 4.69) is 4.98 Å². The van der Waals surface area contributed by atoms with Gasteiger partial charge >= 0.3 is 0 Å². The largest absolute Gasteiger partial charge is 0.748 e. The summed E-state index contributed by atoms with van der Waals surface area (Å²) in [6.07, 6.45) is 4.98. The van der Waals surface area contributed by atoms with Crippen LogP contribution in [0.4, 0.5) is 0 Å². The van der Waals surface area contributed by atoms with E-state index in [-0.39, 0.29) is 0 Å². The Morgan fingerprint density at radius 3 is 2.18 bits per heavy atom. The number of fused-ring (bicyclic) bond motifs is 1. The molecule has 2 aromatic carbocycles. The molecule has 0 aliphatic rings. The monoisotopic (exact) mass is 442 g/mol. The van der Waals surface area contributed by atoms with Crippen LogP contribution in [0.15, 0.2) is 42.7 Å². The van der Waals surface area contributed by atoms with Gasteiger partial charge in [0, 0.05) is 24.0 Å². The van der Waals surface area contributed by atoms with E-state index in [0.29, 0.717) is 34.2 Å². The van der Waals surface area contributed by atoms with Crippen molar-refractivity contribution in [3.8, 4) is 11.5 Å². The highest BCUT2D eigenvalue weighted by molar-refractivity contribution is 7.84. The molecule has 0 fully saturated rings. The smallest absolute Gasteiger partial charge is 0.161 e. The summed E-state index contributed by atoms with van der Waals surface area (Å²) < 4.78 is 38.0. The molecule has 0 atom stereocenters. The van der Waals surface area contributed by atoms with Gasteiger partial charge in [-0.25, -0.2) is 8.42 Å². The van der Waals surface area contributed by atoms with Gasteiger partial charge in [0.2, 0.25) is 0 Å². The van der Waals surface area contributed by atoms with Gasteiger partial charge in [-0.05, 0) is 47.2 Å². The topological polar surface area (TPSA) is 88.6 Å². The Kier molecular flexibility index (Phi) is 7.48. The van der Waals surface area contributed by atoms with E-state index < -0.39 is 10.1 Å². The van der Waals surface area contributed by atoms with Gasteiger partial charge in [-0.3, -0.25) is 4.98 Å². The van der Waals surface area contributed by atoms with Crippen molar-refractivity contribution >= 4 is 44.1 Å². The molecule has 150 valence electrons. The molecule has 28 heavy (non-hydrogen) atoms. The van der Waals surface area contributed by atoms with Crippen molar-refractivity contribution in [2.24, 2.45) is 0 Å². The number of ether oxygens (including phenoxy) is 2. The molecule has 0 spiro atoms. The molecule has 0 aliphatic heterocycles. The summed E-state index contributed by atoms with van der Waals surface area (Å²) in [5, 5.41) is 3.18. The van der Waals surface area contributed by atoms with Crippen molar-refractivity contribution in [3.63, 3.8) is 0 Å². The number of halogens is 2. The normalized spacial score (nSPS) is 10.9. The van der Waals surface area contributed by atoms with Crippen LogP contribution in [-0.2, 0) is 16.5 Å². The van der Waals surface area contributed by atoms with Gasteiger partial charge in [0.15, 0.2) is 11.5 Å². The third kappa shape index (κ3) is 6.24. The minimum atomic E-state index is -3.92. The lowest BCUT2D eigenvalue weighted by Crippen LogP contribution is -1.95. The average Bonchev–Trinajstić information content (AvgIpc) is 2.62. The number of hydrogen-bond acceptors (Lipinski definition) is 6. The SMILES string of the molecule is COc1cc2cncc(Cc3ccc(Cl)c(Cl)c3)c2cc1OC.CS(=O)(=O)[O-]. The lowest BCUT2D eigenvalue weighted by molar-refractivity contribution is 0.356. The zero-order valence-corrected chi connectivity index (χ0v) is 17.7. The highest BCUT2D eigenvalue weighted by Gasteiger charge is 2.10. The first-order chi connectivity index (χ1) is 13.1. The van der Waals surface area contributed by atoms with E-state index in [1.165, 1.54) is 0 Å². The second-order valence-corrected chi connectivity index (χ2v) is 8.08. The Labute approximate surface area is 173 Å². The first-order valence-electron chi connectivity index (χ1n) is 7.95. The van der Waals surface area contributed by atoms with Crippen LogP contribution in [0.3, 0.4) is 0 Å². The minimum absolute atomic E-state index is 0.552. The molecule has 0 N–H and O–H groups in total. The quantitative estimate of drug-likeness (QED) is 0.559. The van der Waals surface area contributed by atoms with E-state index in [1.807, 2.05) is 36.7 Å². The summed E-state index contributed by atoms with van der Waals surface area (Å²) >= 11 is 12.1. The summed E-state index contributed by atoms with van der Waals surface area (Å²) in [5.74, 6) is 1.38. The number of aromatic nitrogens is 1. The fourth-order valence-corrected chi connectivity index (χ4v) is 2.89. The molecular formula is C19H18Cl2NO5S-. The predicted octanol–water partition coefficient (Wildman–Crippen LogP) is 4.31. The molecule has 6 nitrogen and oxygen atoms in total. The van der Waals surface area contributed by atoms with Crippen LogP contribution in [0.1, 0.15) is 11.1 Å². The van der Waals surface area contributed by atoms with Crippen LogP contribution in [0.25, 0.3) is 10.8 Å².